The minimum Gasteiger partial charge on any atom is -0.497 e. The maximum atomic E-state index is 10.8. The Morgan fingerprint density at radius 1 is 1.38 bits per heavy atom. The summed E-state index contributed by atoms with van der Waals surface area (Å²) in [4.78, 5) is 13.3. The van der Waals surface area contributed by atoms with Crippen LogP contribution in [0.4, 0.5) is 5.69 Å². The Morgan fingerprint density at radius 2 is 2.12 bits per heavy atom. The molecule has 0 bridgehead atoms. The minimum absolute atomic E-state index is 0.300. The van der Waals surface area contributed by atoms with Crippen molar-refractivity contribution in [2.45, 2.75) is 6.54 Å². The molecule has 1 heterocycles. The molecule has 0 amide bonds. The molecule has 0 atom stereocenters. The number of ether oxygens (including phenoxy) is 1. The Balaban J connectivity index is 1.96. The van der Waals surface area contributed by atoms with Crippen molar-refractivity contribution in [3.63, 3.8) is 0 Å². The van der Waals surface area contributed by atoms with Gasteiger partial charge in [0, 0.05) is 5.69 Å². The Bertz CT molecular complexity index is 500. The first kappa shape index (κ1) is 10.3. The number of anilines is 1. The molecule has 0 saturated heterocycles. The zero-order valence-corrected chi connectivity index (χ0v) is 8.78. The lowest BCUT2D eigenvalue weighted by atomic mass is 10.3. The first-order valence-electron chi connectivity index (χ1n) is 4.79. The Kier molecular flexibility index (Phi) is 2.90. The molecule has 0 spiro atoms. The Morgan fingerprint density at radius 3 is 2.69 bits per heavy atom. The number of nitrogens with zero attached hydrogens (tertiary/aromatic N) is 1. The Labute approximate surface area is 91.7 Å². The van der Waals surface area contributed by atoms with Gasteiger partial charge in [0.1, 0.15) is 11.6 Å². The number of aromatic nitrogens is 3. The first-order valence-corrected chi connectivity index (χ1v) is 4.79. The van der Waals surface area contributed by atoms with E-state index in [2.05, 4.69) is 20.5 Å². The molecule has 0 saturated carbocycles. The number of methoxy groups -OCH3 is 1. The number of nitrogens with one attached hydrogen (secondary N) is 3. The van der Waals surface area contributed by atoms with E-state index in [9.17, 15) is 4.79 Å². The second kappa shape index (κ2) is 4.52. The van der Waals surface area contributed by atoms with Crippen LogP contribution in [0.15, 0.2) is 29.1 Å². The van der Waals surface area contributed by atoms with Gasteiger partial charge in [-0.1, -0.05) is 0 Å². The highest BCUT2D eigenvalue weighted by Crippen LogP contribution is 2.15. The second-order valence-electron chi connectivity index (χ2n) is 3.21. The van der Waals surface area contributed by atoms with Crippen LogP contribution in [0.3, 0.4) is 0 Å². The summed E-state index contributed by atoms with van der Waals surface area (Å²) in [5.74, 6) is 1.37. The van der Waals surface area contributed by atoms with E-state index >= 15 is 0 Å². The molecule has 0 radical (unpaired) electrons. The molecule has 6 heteroatoms. The van der Waals surface area contributed by atoms with Gasteiger partial charge in [0.15, 0.2) is 0 Å². The van der Waals surface area contributed by atoms with Crippen LogP contribution >= 0.6 is 0 Å². The van der Waals surface area contributed by atoms with Crippen molar-refractivity contribution in [2.24, 2.45) is 0 Å². The van der Waals surface area contributed by atoms with Crippen LogP contribution in [0.5, 0.6) is 5.75 Å². The lowest BCUT2D eigenvalue weighted by Gasteiger charge is -2.04. The first-order chi connectivity index (χ1) is 7.78. The molecule has 2 aromatic rings. The molecule has 6 nitrogen and oxygen atoms in total. The highest BCUT2D eigenvalue weighted by molar-refractivity contribution is 5.46. The van der Waals surface area contributed by atoms with Crippen LogP contribution in [-0.2, 0) is 6.54 Å². The molecular formula is C10H12N4O2. The molecular weight excluding hydrogens is 208 g/mol. The second-order valence-corrected chi connectivity index (χ2v) is 3.21. The van der Waals surface area contributed by atoms with Crippen LogP contribution in [-0.4, -0.2) is 22.3 Å². The van der Waals surface area contributed by atoms with Crippen LogP contribution < -0.4 is 15.7 Å². The van der Waals surface area contributed by atoms with Gasteiger partial charge in [0.2, 0.25) is 0 Å². The van der Waals surface area contributed by atoms with E-state index in [1.54, 1.807) is 7.11 Å². The minimum atomic E-state index is -0.300. The lowest BCUT2D eigenvalue weighted by molar-refractivity contribution is 0.415. The summed E-state index contributed by atoms with van der Waals surface area (Å²) in [5.41, 5.74) is 0.635. The lowest BCUT2D eigenvalue weighted by Crippen LogP contribution is -2.04. The van der Waals surface area contributed by atoms with E-state index in [1.165, 1.54) is 0 Å². The standard InChI is InChI=1S/C10H12N4O2/c1-16-8-4-2-7(3-5-8)11-6-9-12-10(15)14-13-9/h2-5,11H,6H2,1H3,(H2,12,13,14,15). The summed E-state index contributed by atoms with van der Waals surface area (Å²) in [6, 6.07) is 7.50. The molecule has 0 aliphatic rings. The molecule has 1 aromatic heterocycles. The van der Waals surface area contributed by atoms with E-state index < -0.39 is 0 Å². The number of H-pyrrole nitrogens is 2. The van der Waals surface area contributed by atoms with Crippen molar-refractivity contribution in [3.8, 4) is 5.75 Å². The van der Waals surface area contributed by atoms with Crippen LogP contribution in [0.1, 0.15) is 5.82 Å². The van der Waals surface area contributed by atoms with Crippen molar-refractivity contribution < 1.29 is 4.74 Å². The van der Waals surface area contributed by atoms with E-state index in [-0.39, 0.29) is 5.69 Å². The number of hydrogen-bond acceptors (Lipinski definition) is 4. The maximum Gasteiger partial charge on any atom is 0.340 e. The third-order valence-electron chi connectivity index (χ3n) is 2.10. The van der Waals surface area contributed by atoms with Crippen molar-refractivity contribution in [2.75, 3.05) is 12.4 Å². The summed E-state index contributed by atoms with van der Waals surface area (Å²) in [7, 11) is 1.62. The summed E-state index contributed by atoms with van der Waals surface area (Å²) in [6.45, 7) is 0.463. The summed E-state index contributed by atoms with van der Waals surface area (Å²) >= 11 is 0. The van der Waals surface area contributed by atoms with Crippen molar-refractivity contribution in [3.05, 3.63) is 40.6 Å². The molecule has 84 valence electrons. The predicted molar refractivity (Wildman–Crippen MR) is 59.5 cm³/mol. The van der Waals surface area contributed by atoms with E-state index in [4.69, 9.17) is 4.74 Å². The normalized spacial score (nSPS) is 10.1. The fourth-order valence-corrected chi connectivity index (χ4v) is 1.28. The number of benzene rings is 1. The van der Waals surface area contributed by atoms with Gasteiger partial charge in [0.05, 0.1) is 13.7 Å². The third kappa shape index (κ3) is 2.41. The zero-order valence-electron chi connectivity index (χ0n) is 8.78. The van der Waals surface area contributed by atoms with Gasteiger partial charge < -0.3 is 10.1 Å². The number of hydrogen-bond donors (Lipinski definition) is 3. The van der Waals surface area contributed by atoms with Crippen molar-refractivity contribution in [1.82, 2.24) is 15.2 Å². The predicted octanol–water partition coefficient (Wildman–Crippen LogP) is 0.719. The quantitative estimate of drug-likeness (QED) is 0.709. The van der Waals surface area contributed by atoms with Gasteiger partial charge in [-0.3, -0.25) is 4.98 Å². The maximum absolute atomic E-state index is 10.8. The monoisotopic (exact) mass is 220 g/mol. The fraction of sp³-hybridized carbons (Fsp3) is 0.200. The van der Waals surface area contributed by atoms with Gasteiger partial charge in [0.25, 0.3) is 0 Å². The fourth-order valence-electron chi connectivity index (χ4n) is 1.28. The average Bonchev–Trinajstić information content (AvgIpc) is 2.73. The van der Waals surface area contributed by atoms with Crippen molar-refractivity contribution in [1.29, 1.82) is 0 Å². The number of aromatic amines is 2. The molecule has 16 heavy (non-hydrogen) atoms. The van der Waals surface area contributed by atoms with Crippen LogP contribution in [0.25, 0.3) is 0 Å². The smallest absolute Gasteiger partial charge is 0.340 e. The van der Waals surface area contributed by atoms with Gasteiger partial charge in [-0.2, -0.15) is 5.10 Å². The third-order valence-corrected chi connectivity index (χ3v) is 2.10. The molecule has 0 unspecified atom stereocenters. The van der Waals surface area contributed by atoms with Gasteiger partial charge >= 0.3 is 5.69 Å². The molecule has 3 N–H and O–H groups in total. The molecule has 1 aromatic carbocycles. The molecule has 0 aliphatic heterocycles. The topological polar surface area (TPSA) is 82.8 Å². The van der Waals surface area contributed by atoms with Gasteiger partial charge in [-0.05, 0) is 24.3 Å². The highest BCUT2D eigenvalue weighted by atomic mass is 16.5. The number of rotatable bonds is 4. The van der Waals surface area contributed by atoms with E-state index in [0.717, 1.165) is 11.4 Å². The van der Waals surface area contributed by atoms with E-state index in [0.29, 0.717) is 12.4 Å². The van der Waals surface area contributed by atoms with E-state index in [1.807, 2.05) is 24.3 Å². The van der Waals surface area contributed by atoms with Gasteiger partial charge in [-0.15, -0.1) is 0 Å². The molecule has 0 fully saturated rings. The molecule has 2 rings (SSSR count). The summed E-state index contributed by atoms with van der Waals surface area (Å²) < 4.78 is 5.04. The largest absolute Gasteiger partial charge is 0.497 e. The SMILES string of the molecule is COc1ccc(NCc2n[nH]c(=O)[nH]2)cc1. The Hall–Kier alpha value is -2.24. The molecule has 0 aliphatic carbocycles. The zero-order chi connectivity index (χ0) is 11.4. The highest BCUT2D eigenvalue weighted by Gasteiger charge is 1.98. The van der Waals surface area contributed by atoms with Crippen LogP contribution in [0.2, 0.25) is 0 Å². The van der Waals surface area contributed by atoms with Gasteiger partial charge in [-0.25, -0.2) is 9.89 Å². The average molecular weight is 220 g/mol. The summed E-state index contributed by atoms with van der Waals surface area (Å²) in [5, 5.41) is 9.20. The van der Waals surface area contributed by atoms with Crippen molar-refractivity contribution >= 4 is 5.69 Å². The van der Waals surface area contributed by atoms with Crippen LogP contribution in [0, 0.1) is 0 Å². The summed E-state index contributed by atoms with van der Waals surface area (Å²) in [6.07, 6.45) is 0.